The highest BCUT2D eigenvalue weighted by atomic mass is 79.9. The van der Waals surface area contributed by atoms with Crippen molar-refractivity contribution in [3.8, 4) is 17.1 Å². The Bertz CT molecular complexity index is 1240. The molecule has 0 spiro atoms. The van der Waals surface area contributed by atoms with E-state index in [4.69, 9.17) is 11.6 Å². The smallest absolute Gasteiger partial charge is 0.250 e. The third-order valence-electron chi connectivity index (χ3n) is 4.33. The van der Waals surface area contributed by atoms with Gasteiger partial charge in [0.25, 0.3) is 5.91 Å². The number of nitrogens with zero attached hydrogens (tertiary/aromatic N) is 4. The van der Waals surface area contributed by atoms with Gasteiger partial charge in [-0.1, -0.05) is 81.8 Å². The topological polar surface area (TPSA) is 72.2 Å². The maximum atomic E-state index is 12.3. The van der Waals surface area contributed by atoms with Crippen molar-refractivity contribution in [1.82, 2.24) is 20.2 Å². The molecule has 0 radical (unpaired) electrons. The zero-order valence-electron chi connectivity index (χ0n) is 16.7. The molecular formula is C23H17BrClN5OS. The lowest BCUT2D eigenvalue weighted by molar-refractivity contribution is -0.118. The van der Waals surface area contributed by atoms with Crippen molar-refractivity contribution >= 4 is 51.4 Å². The number of carbonyl (C=O) groups is 1. The first-order valence-electron chi connectivity index (χ1n) is 9.57. The Morgan fingerprint density at radius 3 is 2.59 bits per heavy atom. The summed E-state index contributed by atoms with van der Waals surface area (Å²) in [5, 5.41) is 13.9. The Balaban J connectivity index is 1.50. The number of thioether (sulfide) groups is 1. The number of halogens is 2. The Labute approximate surface area is 202 Å². The van der Waals surface area contributed by atoms with Gasteiger partial charge in [-0.25, -0.2) is 5.43 Å². The highest BCUT2D eigenvalue weighted by Gasteiger charge is 2.17. The highest BCUT2D eigenvalue weighted by molar-refractivity contribution is 9.10. The molecule has 1 aromatic heterocycles. The van der Waals surface area contributed by atoms with Crippen LogP contribution in [-0.2, 0) is 4.79 Å². The molecule has 1 amide bonds. The molecule has 0 unspecified atom stereocenters. The van der Waals surface area contributed by atoms with Crippen molar-refractivity contribution in [3.05, 3.63) is 93.9 Å². The molecule has 0 fully saturated rings. The number of amides is 1. The average molecular weight is 527 g/mol. The number of rotatable bonds is 7. The second-order valence-electron chi connectivity index (χ2n) is 6.62. The van der Waals surface area contributed by atoms with Gasteiger partial charge in [-0.3, -0.25) is 9.36 Å². The summed E-state index contributed by atoms with van der Waals surface area (Å²) in [5.41, 5.74) is 5.20. The van der Waals surface area contributed by atoms with Gasteiger partial charge in [-0.05, 0) is 42.0 Å². The third-order valence-corrected chi connectivity index (χ3v) is 6.01. The lowest BCUT2D eigenvalue weighted by atomic mass is 10.2. The van der Waals surface area contributed by atoms with Gasteiger partial charge in [-0.15, -0.1) is 10.2 Å². The van der Waals surface area contributed by atoms with Gasteiger partial charge in [0, 0.05) is 20.7 Å². The first kappa shape index (κ1) is 22.3. The van der Waals surface area contributed by atoms with Crippen molar-refractivity contribution in [2.45, 2.75) is 5.16 Å². The third kappa shape index (κ3) is 5.64. The van der Waals surface area contributed by atoms with E-state index in [1.54, 1.807) is 6.21 Å². The molecule has 0 atom stereocenters. The molecule has 32 heavy (non-hydrogen) atoms. The molecule has 9 heteroatoms. The number of benzene rings is 3. The van der Waals surface area contributed by atoms with Crippen LogP contribution in [0.3, 0.4) is 0 Å². The molecule has 3 aromatic carbocycles. The van der Waals surface area contributed by atoms with Gasteiger partial charge in [0.2, 0.25) is 0 Å². The predicted molar refractivity (Wildman–Crippen MR) is 132 cm³/mol. The van der Waals surface area contributed by atoms with Gasteiger partial charge in [0.1, 0.15) is 0 Å². The van der Waals surface area contributed by atoms with Crippen LogP contribution in [0.5, 0.6) is 0 Å². The summed E-state index contributed by atoms with van der Waals surface area (Å²) in [6, 6.07) is 24.8. The Hall–Kier alpha value is -2.94. The van der Waals surface area contributed by atoms with Crippen molar-refractivity contribution < 1.29 is 4.79 Å². The lowest BCUT2D eigenvalue weighted by Crippen LogP contribution is -2.20. The number of nitrogens with one attached hydrogen (secondary N) is 1. The van der Waals surface area contributed by atoms with Crippen LogP contribution in [0.1, 0.15) is 5.56 Å². The first-order chi connectivity index (χ1) is 15.6. The Morgan fingerprint density at radius 2 is 1.84 bits per heavy atom. The molecule has 0 saturated heterocycles. The van der Waals surface area contributed by atoms with Crippen molar-refractivity contribution in [1.29, 1.82) is 0 Å². The summed E-state index contributed by atoms with van der Waals surface area (Å²) in [7, 11) is 0. The van der Waals surface area contributed by atoms with Crippen molar-refractivity contribution in [3.63, 3.8) is 0 Å². The van der Waals surface area contributed by atoms with Crippen LogP contribution in [0.2, 0.25) is 5.02 Å². The van der Waals surface area contributed by atoms with Gasteiger partial charge >= 0.3 is 0 Å². The molecule has 4 aromatic rings. The summed E-state index contributed by atoms with van der Waals surface area (Å²) < 4.78 is 2.85. The molecule has 0 bridgehead atoms. The minimum atomic E-state index is -0.242. The lowest BCUT2D eigenvalue weighted by Gasteiger charge is -2.10. The van der Waals surface area contributed by atoms with Crippen LogP contribution in [0, 0.1) is 0 Å². The van der Waals surface area contributed by atoms with E-state index in [-0.39, 0.29) is 11.7 Å². The summed E-state index contributed by atoms with van der Waals surface area (Å²) in [6.45, 7) is 0. The standard InChI is InChI=1S/C23H17BrClN5OS/c24-18-8-4-5-16(13-18)14-26-27-21(31)15-32-23-29-28-22(17-6-2-1-3-7-17)30(23)20-11-9-19(25)10-12-20/h1-14H,15H2,(H,27,31). The number of carbonyl (C=O) groups excluding carboxylic acids is 1. The summed E-state index contributed by atoms with van der Waals surface area (Å²) in [5.74, 6) is 0.577. The molecule has 4 rings (SSSR count). The second-order valence-corrected chi connectivity index (χ2v) is 8.92. The van der Waals surface area contributed by atoms with E-state index in [1.807, 2.05) is 83.4 Å². The van der Waals surface area contributed by atoms with E-state index >= 15 is 0 Å². The number of aromatic nitrogens is 3. The zero-order chi connectivity index (χ0) is 22.3. The van der Waals surface area contributed by atoms with Crippen LogP contribution in [0.15, 0.2) is 93.6 Å². The molecule has 0 saturated carbocycles. The van der Waals surface area contributed by atoms with Gasteiger partial charge in [0.05, 0.1) is 12.0 Å². The zero-order valence-corrected chi connectivity index (χ0v) is 19.8. The summed E-state index contributed by atoms with van der Waals surface area (Å²) in [6.07, 6.45) is 1.59. The monoisotopic (exact) mass is 525 g/mol. The molecule has 0 aliphatic carbocycles. The quantitative estimate of drug-likeness (QED) is 0.193. The summed E-state index contributed by atoms with van der Waals surface area (Å²) >= 11 is 10.7. The van der Waals surface area contributed by atoms with Crippen LogP contribution in [0.4, 0.5) is 0 Å². The van der Waals surface area contributed by atoms with Crippen molar-refractivity contribution in [2.24, 2.45) is 5.10 Å². The number of hydrazone groups is 1. The van der Waals surface area contributed by atoms with E-state index in [0.29, 0.717) is 16.0 Å². The van der Waals surface area contributed by atoms with Gasteiger partial charge in [-0.2, -0.15) is 5.10 Å². The van der Waals surface area contributed by atoms with E-state index < -0.39 is 0 Å². The highest BCUT2D eigenvalue weighted by Crippen LogP contribution is 2.28. The second kappa shape index (κ2) is 10.6. The van der Waals surface area contributed by atoms with Gasteiger partial charge in [0.15, 0.2) is 11.0 Å². The average Bonchev–Trinajstić information content (AvgIpc) is 3.23. The molecule has 160 valence electrons. The Kier molecular flexibility index (Phi) is 7.36. The minimum Gasteiger partial charge on any atom is -0.272 e. The van der Waals surface area contributed by atoms with Crippen LogP contribution < -0.4 is 5.43 Å². The van der Waals surface area contributed by atoms with E-state index in [0.717, 1.165) is 21.3 Å². The van der Waals surface area contributed by atoms with E-state index in [1.165, 1.54) is 11.8 Å². The molecular weight excluding hydrogens is 510 g/mol. The Morgan fingerprint density at radius 1 is 1.06 bits per heavy atom. The van der Waals surface area contributed by atoms with Crippen LogP contribution in [0.25, 0.3) is 17.1 Å². The normalized spacial score (nSPS) is 11.1. The molecule has 0 aliphatic heterocycles. The predicted octanol–water partition coefficient (Wildman–Crippen LogP) is 5.59. The van der Waals surface area contributed by atoms with E-state index in [9.17, 15) is 4.79 Å². The fraction of sp³-hybridized carbons (Fsp3) is 0.0435. The van der Waals surface area contributed by atoms with Crippen LogP contribution in [-0.4, -0.2) is 32.6 Å². The maximum Gasteiger partial charge on any atom is 0.250 e. The summed E-state index contributed by atoms with van der Waals surface area (Å²) in [4.78, 5) is 12.3. The number of hydrogen-bond acceptors (Lipinski definition) is 5. The van der Waals surface area contributed by atoms with Gasteiger partial charge < -0.3 is 0 Å². The van der Waals surface area contributed by atoms with Crippen LogP contribution >= 0.6 is 39.3 Å². The maximum absolute atomic E-state index is 12.3. The fourth-order valence-electron chi connectivity index (χ4n) is 2.89. The molecule has 6 nitrogen and oxygen atoms in total. The SMILES string of the molecule is O=C(CSc1nnc(-c2ccccc2)n1-c1ccc(Cl)cc1)NN=Cc1cccc(Br)c1. The molecule has 0 aliphatic rings. The largest absolute Gasteiger partial charge is 0.272 e. The van der Waals surface area contributed by atoms with Crippen molar-refractivity contribution in [2.75, 3.05) is 5.75 Å². The minimum absolute atomic E-state index is 0.135. The van der Waals surface area contributed by atoms with E-state index in [2.05, 4.69) is 36.7 Å². The first-order valence-corrected chi connectivity index (χ1v) is 11.7. The number of hydrogen-bond donors (Lipinski definition) is 1. The molecule has 1 N–H and O–H groups in total. The molecule has 1 heterocycles. The fourth-order valence-corrected chi connectivity index (χ4v) is 4.18.